The molecule has 2 heterocycles. The van der Waals surface area contributed by atoms with E-state index >= 15 is 0 Å². The fraction of sp³-hybridized carbons (Fsp3) is 0.360. The molecule has 1 aliphatic carbocycles. The Bertz CT molecular complexity index is 963. The largest absolute Gasteiger partial charge is 0.496 e. The van der Waals surface area contributed by atoms with Gasteiger partial charge in [0.2, 0.25) is 0 Å². The van der Waals surface area contributed by atoms with Crippen molar-refractivity contribution >= 4 is 10.8 Å². The smallest absolute Gasteiger partial charge is 0.126 e. The lowest BCUT2D eigenvalue weighted by Crippen LogP contribution is -2.46. The predicted octanol–water partition coefficient (Wildman–Crippen LogP) is 5.23. The van der Waals surface area contributed by atoms with Gasteiger partial charge < -0.3 is 4.74 Å². The summed E-state index contributed by atoms with van der Waals surface area (Å²) in [5.74, 6) is 1.75. The molecule has 2 bridgehead atoms. The highest BCUT2D eigenvalue weighted by Crippen LogP contribution is 2.35. The maximum atomic E-state index is 5.58. The SMILES string of the molecule is COc1ccc(CN2C[C@@H]3CC[C@H]2Cc2ccccc2C3)c2ccccc12. The summed E-state index contributed by atoms with van der Waals surface area (Å²) in [5, 5.41) is 2.55. The quantitative estimate of drug-likeness (QED) is 0.636. The molecule has 0 saturated carbocycles. The van der Waals surface area contributed by atoms with Gasteiger partial charge in [0.15, 0.2) is 0 Å². The van der Waals surface area contributed by atoms with E-state index in [0.29, 0.717) is 6.04 Å². The second kappa shape index (κ2) is 7.01. The Kier molecular flexibility index (Phi) is 4.37. The normalized spacial score (nSPS) is 22.3. The van der Waals surface area contributed by atoms with Gasteiger partial charge in [-0.3, -0.25) is 4.90 Å². The predicted molar refractivity (Wildman–Crippen MR) is 111 cm³/mol. The van der Waals surface area contributed by atoms with Gasteiger partial charge in [0.1, 0.15) is 5.75 Å². The summed E-state index contributed by atoms with van der Waals surface area (Å²) >= 11 is 0. The van der Waals surface area contributed by atoms with E-state index in [2.05, 4.69) is 65.6 Å². The minimum Gasteiger partial charge on any atom is -0.496 e. The van der Waals surface area contributed by atoms with Crippen LogP contribution in [-0.4, -0.2) is 24.6 Å². The summed E-state index contributed by atoms with van der Waals surface area (Å²) in [4.78, 5) is 2.75. The fourth-order valence-corrected chi connectivity index (χ4v) is 5.16. The molecule has 2 heteroatoms. The zero-order chi connectivity index (χ0) is 18.2. The molecule has 2 atom stereocenters. The number of piperidine rings is 1. The Morgan fingerprint density at radius 1 is 0.852 bits per heavy atom. The van der Waals surface area contributed by atoms with E-state index in [1.165, 1.54) is 48.6 Å². The van der Waals surface area contributed by atoms with Crippen molar-refractivity contribution in [3.63, 3.8) is 0 Å². The van der Waals surface area contributed by atoms with Gasteiger partial charge in [-0.1, -0.05) is 54.6 Å². The molecule has 0 aromatic heterocycles. The molecule has 27 heavy (non-hydrogen) atoms. The van der Waals surface area contributed by atoms with Gasteiger partial charge in [0, 0.05) is 24.5 Å². The highest BCUT2D eigenvalue weighted by molar-refractivity contribution is 5.91. The summed E-state index contributed by atoms with van der Waals surface area (Å²) < 4.78 is 5.58. The van der Waals surface area contributed by atoms with Crippen LogP contribution in [0.5, 0.6) is 5.75 Å². The zero-order valence-electron chi connectivity index (χ0n) is 16.0. The molecule has 6 rings (SSSR count). The first kappa shape index (κ1) is 16.8. The molecule has 1 saturated heterocycles. The Morgan fingerprint density at radius 3 is 2.41 bits per heavy atom. The third kappa shape index (κ3) is 3.12. The lowest BCUT2D eigenvalue weighted by Gasteiger charge is -2.42. The maximum absolute atomic E-state index is 5.58. The van der Waals surface area contributed by atoms with Gasteiger partial charge in [0.05, 0.1) is 7.11 Å². The van der Waals surface area contributed by atoms with Crippen LogP contribution in [0.25, 0.3) is 10.8 Å². The lowest BCUT2D eigenvalue weighted by molar-refractivity contribution is 0.0942. The molecule has 3 aromatic carbocycles. The van der Waals surface area contributed by atoms with Crippen LogP contribution in [0.4, 0.5) is 0 Å². The Morgan fingerprint density at radius 2 is 1.59 bits per heavy atom. The van der Waals surface area contributed by atoms with E-state index in [0.717, 1.165) is 18.2 Å². The first-order chi connectivity index (χ1) is 13.3. The van der Waals surface area contributed by atoms with Crippen molar-refractivity contribution in [2.45, 2.75) is 38.3 Å². The molecule has 3 aromatic rings. The zero-order valence-corrected chi connectivity index (χ0v) is 16.0. The van der Waals surface area contributed by atoms with Crippen LogP contribution >= 0.6 is 0 Å². The van der Waals surface area contributed by atoms with Crippen LogP contribution in [0.2, 0.25) is 0 Å². The average Bonchev–Trinajstić information content (AvgIpc) is 2.69. The van der Waals surface area contributed by atoms with E-state index < -0.39 is 0 Å². The Hall–Kier alpha value is -2.32. The number of benzene rings is 3. The molecule has 0 radical (unpaired) electrons. The summed E-state index contributed by atoms with van der Waals surface area (Å²) in [7, 11) is 1.76. The molecule has 0 amide bonds. The lowest BCUT2D eigenvalue weighted by atomic mass is 9.80. The monoisotopic (exact) mass is 357 g/mol. The van der Waals surface area contributed by atoms with Crippen LogP contribution in [0.3, 0.4) is 0 Å². The average molecular weight is 357 g/mol. The maximum Gasteiger partial charge on any atom is 0.126 e. The second-order valence-corrected chi connectivity index (χ2v) is 8.18. The van der Waals surface area contributed by atoms with E-state index in [-0.39, 0.29) is 0 Å². The van der Waals surface area contributed by atoms with Crippen LogP contribution in [0, 0.1) is 5.92 Å². The van der Waals surface area contributed by atoms with Gasteiger partial charge >= 0.3 is 0 Å². The van der Waals surface area contributed by atoms with E-state index in [9.17, 15) is 0 Å². The minimum absolute atomic E-state index is 0.656. The minimum atomic E-state index is 0.656. The molecule has 0 spiro atoms. The van der Waals surface area contributed by atoms with Crippen molar-refractivity contribution in [1.29, 1.82) is 0 Å². The van der Waals surface area contributed by atoms with Crippen LogP contribution in [0.15, 0.2) is 60.7 Å². The summed E-state index contributed by atoms with van der Waals surface area (Å²) in [6.07, 6.45) is 5.13. The molecule has 0 unspecified atom stereocenters. The van der Waals surface area contributed by atoms with Crippen molar-refractivity contribution in [3.05, 3.63) is 77.4 Å². The van der Waals surface area contributed by atoms with Crippen LogP contribution in [0.1, 0.15) is 29.5 Å². The van der Waals surface area contributed by atoms with Crippen molar-refractivity contribution in [1.82, 2.24) is 4.90 Å². The number of ether oxygens (including phenoxy) is 1. The standard InChI is InChI=1S/C25H27NO/c1-27-25-13-11-21(23-8-4-5-9-24(23)25)17-26-16-18-10-12-22(26)15-20-7-3-2-6-19(20)14-18/h2-9,11,13,18,22H,10,12,14-17H2,1H3/t18-,22+/m1/s1. The number of fused-ring (bicyclic) bond motifs is 3. The highest BCUT2D eigenvalue weighted by Gasteiger charge is 2.32. The van der Waals surface area contributed by atoms with E-state index in [1.54, 1.807) is 18.2 Å². The third-order valence-electron chi connectivity index (χ3n) is 6.57. The Labute approximate surface area is 161 Å². The molecule has 2 nitrogen and oxygen atoms in total. The fourth-order valence-electron chi connectivity index (χ4n) is 5.16. The second-order valence-electron chi connectivity index (χ2n) is 8.18. The van der Waals surface area contributed by atoms with E-state index in [4.69, 9.17) is 4.74 Å². The molecule has 1 fully saturated rings. The number of hydrogen-bond acceptors (Lipinski definition) is 2. The molecule has 0 N–H and O–H groups in total. The van der Waals surface area contributed by atoms with Gasteiger partial charge in [-0.05, 0) is 59.7 Å². The van der Waals surface area contributed by atoms with Gasteiger partial charge in [0.25, 0.3) is 0 Å². The molecular weight excluding hydrogens is 330 g/mol. The Balaban J connectivity index is 1.48. The molecule has 138 valence electrons. The number of hydrogen-bond donors (Lipinski definition) is 0. The van der Waals surface area contributed by atoms with Gasteiger partial charge in [-0.2, -0.15) is 0 Å². The molecule has 2 aliphatic heterocycles. The number of nitrogens with zero attached hydrogens (tertiary/aromatic N) is 1. The van der Waals surface area contributed by atoms with Crippen molar-refractivity contribution in [2.75, 3.05) is 13.7 Å². The van der Waals surface area contributed by atoms with Crippen molar-refractivity contribution in [2.24, 2.45) is 5.92 Å². The molecule has 3 aliphatic rings. The van der Waals surface area contributed by atoms with Crippen LogP contribution in [-0.2, 0) is 19.4 Å². The first-order valence-electron chi connectivity index (χ1n) is 10.2. The topological polar surface area (TPSA) is 12.5 Å². The van der Waals surface area contributed by atoms with Gasteiger partial charge in [-0.15, -0.1) is 0 Å². The highest BCUT2D eigenvalue weighted by atomic mass is 16.5. The molecular formula is C25H27NO. The number of rotatable bonds is 3. The number of methoxy groups -OCH3 is 1. The van der Waals surface area contributed by atoms with Gasteiger partial charge in [-0.25, -0.2) is 0 Å². The first-order valence-corrected chi connectivity index (χ1v) is 10.2. The van der Waals surface area contributed by atoms with E-state index in [1.807, 2.05) is 0 Å². The third-order valence-corrected chi connectivity index (χ3v) is 6.57. The summed E-state index contributed by atoms with van der Waals surface area (Å²) in [6.45, 7) is 2.26. The van der Waals surface area contributed by atoms with Crippen molar-refractivity contribution < 1.29 is 4.74 Å². The van der Waals surface area contributed by atoms with Crippen LogP contribution < -0.4 is 4.74 Å². The van der Waals surface area contributed by atoms with Crippen molar-refractivity contribution in [3.8, 4) is 5.75 Å². The summed E-state index contributed by atoms with van der Waals surface area (Å²) in [5.41, 5.74) is 4.57. The summed E-state index contributed by atoms with van der Waals surface area (Å²) in [6, 6.07) is 22.8.